The van der Waals surface area contributed by atoms with Crippen LogP contribution < -0.4 is 9.64 Å². The summed E-state index contributed by atoms with van der Waals surface area (Å²) < 4.78 is 5.96. The molecular formula is C17H12N2OS. The Bertz CT molecular complexity index is 805. The van der Waals surface area contributed by atoms with E-state index in [9.17, 15) is 0 Å². The topological polar surface area (TPSA) is 25.4 Å². The predicted octanol–water partition coefficient (Wildman–Crippen LogP) is 4.95. The first-order valence-corrected chi connectivity index (χ1v) is 7.08. The number of rotatable bonds is 1. The third-order valence-electron chi connectivity index (χ3n) is 3.44. The van der Waals surface area contributed by atoms with Crippen LogP contribution in [0.2, 0.25) is 0 Å². The van der Waals surface area contributed by atoms with Crippen LogP contribution in [-0.4, -0.2) is 4.98 Å². The highest BCUT2D eigenvalue weighted by Crippen LogP contribution is 2.51. The second-order valence-corrected chi connectivity index (χ2v) is 5.22. The van der Waals surface area contributed by atoms with Crippen LogP contribution in [0.1, 0.15) is 0 Å². The van der Waals surface area contributed by atoms with Crippen molar-refractivity contribution in [1.29, 1.82) is 0 Å². The molecule has 0 radical (unpaired) electrons. The molecule has 1 aromatic heterocycles. The quantitative estimate of drug-likeness (QED) is 0.503. The summed E-state index contributed by atoms with van der Waals surface area (Å²) in [6.07, 6.45) is 3.50. The summed E-state index contributed by atoms with van der Waals surface area (Å²) in [4.78, 5) is 7.18. The van der Waals surface area contributed by atoms with Gasteiger partial charge in [0.2, 0.25) is 0 Å². The molecule has 3 nitrogen and oxygen atoms in total. The van der Waals surface area contributed by atoms with Gasteiger partial charge in [0, 0.05) is 16.8 Å². The molecule has 0 fully saturated rings. The zero-order chi connectivity index (χ0) is 14.2. The average molecular weight is 292 g/mol. The van der Waals surface area contributed by atoms with Crippen LogP contribution >= 0.6 is 12.6 Å². The maximum absolute atomic E-state index is 5.96. The third kappa shape index (κ3) is 1.96. The molecule has 4 rings (SSSR count). The molecule has 0 N–H and O–H groups in total. The lowest BCUT2D eigenvalue weighted by molar-refractivity contribution is 0.473. The highest BCUT2D eigenvalue weighted by atomic mass is 32.1. The molecule has 0 saturated heterocycles. The number of anilines is 3. The van der Waals surface area contributed by atoms with Crippen molar-refractivity contribution in [3.8, 4) is 11.5 Å². The molecule has 2 heterocycles. The van der Waals surface area contributed by atoms with Gasteiger partial charge >= 0.3 is 0 Å². The number of thiol groups is 1. The van der Waals surface area contributed by atoms with Crippen molar-refractivity contribution in [1.82, 2.24) is 4.98 Å². The number of hydrogen-bond donors (Lipinski definition) is 1. The SMILES string of the molecule is Sc1cccc2c1N(c1ccccc1)c1ccncc1O2. The van der Waals surface area contributed by atoms with E-state index in [1.807, 2.05) is 42.5 Å². The van der Waals surface area contributed by atoms with E-state index in [0.29, 0.717) is 0 Å². The highest BCUT2D eigenvalue weighted by Gasteiger charge is 2.27. The average Bonchev–Trinajstić information content (AvgIpc) is 2.54. The van der Waals surface area contributed by atoms with Crippen LogP contribution in [0.5, 0.6) is 11.5 Å². The molecule has 0 saturated carbocycles. The Labute approximate surface area is 128 Å². The zero-order valence-electron chi connectivity index (χ0n) is 11.1. The van der Waals surface area contributed by atoms with Crippen LogP contribution in [-0.2, 0) is 0 Å². The van der Waals surface area contributed by atoms with Crippen LogP contribution in [0.15, 0.2) is 71.9 Å². The van der Waals surface area contributed by atoms with E-state index in [2.05, 4.69) is 34.6 Å². The Kier molecular flexibility index (Phi) is 2.82. The molecule has 102 valence electrons. The third-order valence-corrected chi connectivity index (χ3v) is 3.80. The van der Waals surface area contributed by atoms with Crippen LogP contribution in [0.4, 0.5) is 17.1 Å². The largest absolute Gasteiger partial charge is 0.451 e. The Hall–Kier alpha value is -2.46. The number of ether oxygens (including phenoxy) is 1. The van der Waals surface area contributed by atoms with Crippen molar-refractivity contribution in [3.05, 3.63) is 67.0 Å². The molecule has 0 amide bonds. The van der Waals surface area contributed by atoms with Crippen molar-refractivity contribution in [2.45, 2.75) is 4.90 Å². The molecule has 1 aliphatic heterocycles. The first-order valence-electron chi connectivity index (χ1n) is 6.63. The minimum absolute atomic E-state index is 0.743. The van der Waals surface area contributed by atoms with Gasteiger partial charge in [-0.3, -0.25) is 4.98 Å². The molecular weight excluding hydrogens is 280 g/mol. The van der Waals surface area contributed by atoms with Gasteiger partial charge in [0.05, 0.1) is 11.9 Å². The number of hydrogen-bond acceptors (Lipinski definition) is 4. The summed E-state index contributed by atoms with van der Waals surface area (Å²) in [5.74, 6) is 1.53. The summed E-state index contributed by atoms with van der Waals surface area (Å²) in [5, 5.41) is 0. The van der Waals surface area contributed by atoms with Gasteiger partial charge in [-0.15, -0.1) is 12.6 Å². The monoisotopic (exact) mass is 292 g/mol. The van der Waals surface area contributed by atoms with Crippen LogP contribution in [0.3, 0.4) is 0 Å². The van der Waals surface area contributed by atoms with Gasteiger partial charge in [-0.1, -0.05) is 24.3 Å². The molecule has 4 heteroatoms. The summed E-state index contributed by atoms with van der Waals surface area (Å²) in [6.45, 7) is 0. The molecule has 1 aliphatic rings. The highest BCUT2D eigenvalue weighted by molar-refractivity contribution is 7.80. The van der Waals surface area contributed by atoms with E-state index in [0.717, 1.165) is 33.5 Å². The molecule has 21 heavy (non-hydrogen) atoms. The molecule has 0 spiro atoms. The van der Waals surface area contributed by atoms with Crippen LogP contribution in [0, 0.1) is 0 Å². The fourth-order valence-corrected chi connectivity index (χ4v) is 2.83. The second kappa shape index (κ2) is 4.82. The molecule has 0 bridgehead atoms. The number of para-hydroxylation sites is 2. The van der Waals surface area contributed by atoms with Crippen molar-refractivity contribution < 1.29 is 4.74 Å². The van der Waals surface area contributed by atoms with E-state index in [1.165, 1.54) is 0 Å². The number of benzene rings is 2. The number of pyridine rings is 1. The summed E-state index contributed by atoms with van der Waals surface area (Å²) in [6, 6.07) is 18.0. The smallest absolute Gasteiger partial charge is 0.169 e. The molecule has 3 aromatic rings. The van der Waals surface area contributed by atoms with Gasteiger partial charge < -0.3 is 9.64 Å². The number of nitrogens with zero attached hydrogens (tertiary/aromatic N) is 2. The van der Waals surface area contributed by atoms with Crippen LogP contribution in [0.25, 0.3) is 0 Å². The standard InChI is InChI=1S/C17H12N2OS/c21-16-8-4-7-14-17(16)19(12-5-2-1-3-6-12)13-9-10-18-11-15(13)20-14/h1-11,21H. The van der Waals surface area contributed by atoms with E-state index in [-0.39, 0.29) is 0 Å². The lowest BCUT2D eigenvalue weighted by atomic mass is 10.1. The normalized spacial score (nSPS) is 12.3. The minimum atomic E-state index is 0.743. The van der Waals surface area contributed by atoms with Gasteiger partial charge in [-0.25, -0.2) is 0 Å². The van der Waals surface area contributed by atoms with Crippen molar-refractivity contribution in [2.24, 2.45) is 0 Å². The van der Waals surface area contributed by atoms with E-state index >= 15 is 0 Å². The number of fused-ring (bicyclic) bond motifs is 2. The zero-order valence-corrected chi connectivity index (χ0v) is 12.0. The first-order chi connectivity index (χ1) is 10.3. The van der Waals surface area contributed by atoms with Crippen molar-refractivity contribution >= 4 is 29.7 Å². The molecule has 2 aromatic carbocycles. The fraction of sp³-hybridized carbons (Fsp3) is 0. The second-order valence-electron chi connectivity index (χ2n) is 4.74. The summed E-state index contributed by atoms with van der Waals surface area (Å²) >= 11 is 4.60. The van der Waals surface area contributed by atoms with E-state index < -0.39 is 0 Å². The minimum Gasteiger partial charge on any atom is -0.451 e. The van der Waals surface area contributed by atoms with Crippen molar-refractivity contribution in [2.75, 3.05) is 4.90 Å². The van der Waals surface area contributed by atoms with Gasteiger partial charge in [-0.2, -0.15) is 0 Å². The predicted molar refractivity (Wildman–Crippen MR) is 86.2 cm³/mol. The van der Waals surface area contributed by atoms with Gasteiger partial charge in [0.25, 0.3) is 0 Å². The Morgan fingerprint density at radius 3 is 2.62 bits per heavy atom. The Morgan fingerprint density at radius 1 is 0.905 bits per heavy atom. The Balaban J connectivity index is 2.01. The maximum Gasteiger partial charge on any atom is 0.169 e. The van der Waals surface area contributed by atoms with Gasteiger partial charge in [0.1, 0.15) is 5.69 Å². The van der Waals surface area contributed by atoms with Gasteiger partial charge in [-0.05, 0) is 30.3 Å². The Morgan fingerprint density at radius 2 is 1.76 bits per heavy atom. The summed E-state index contributed by atoms with van der Waals surface area (Å²) in [7, 11) is 0. The molecule has 0 unspecified atom stereocenters. The van der Waals surface area contributed by atoms with E-state index in [1.54, 1.807) is 12.4 Å². The lowest BCUT2D eigenvalue weighted by Gasteiger charge is -2.33. The number of aromatic nitrogens is 1. The molecule has 0 atom stereocenters. The first kappa shape index (κ1) is 12.3. The lowest BCUT2D eigenvalue weighted by Crippen LogP contribution is -2.16. The van der Waals surface area contributed by atoms with E-state index in [4.69, 9.17) is 4.74 Å². The summed E-state index contributed by atoms with van der Waals surface area (Å²) in [5.41, 5.74) is 2.98. The van der Waals surface area contributed by atoms with Crippen molar-refractivity contribution in [3.63, 3.8) is 0 Å². The fourth-order valence-electron chi connectivity index (χ4n) is 2.54. The van der Waals surface area contributed by atoms with Gasteiger partial charge in [0.15, 0.2) is 11.5 Å². The maximum atomic E-state index is 5.96. The molecule has 0 aliphatic carbocycles.